The van der Waals surface area contributed by atoms with Crippen molar-refractivity contribution in [3.8, 4) is 0 Å². The van der Waals surface area contributed by atoms with Gasteiger partial charge in [-0.1, -0.05) is 45.2 Å². The molecule has 0 N–H and O–H groups in total. The van der Waals surface area contributed by atoms with Gasteiger partial charge in [0, 0.05) is 8.59 Å². The molecular formula is C13H6BrCl2F2I. The highest BCUT2D eigenvalue weighted by Crippen LogP contribution is 2.37. The normalized spacial score (nSPS) is 12.5. The fraction of sp³-hybridized carbons (Fsp3) is 0.0769. The smallest absolute Gasteiger partial charge is 0.160 e. The minimum atomic E-state index is -0.964. The van der Waals surface area contributed by atoms with Gasteiger partial charge in [-0.25, -0.2) is 8.78 Å². The van der Waals surface area contributed by atoms with E-state index in [0.717, 1.165) is 21.3 Å². The number of hydrogen-bond acceptors (Lipinski definition) is 0. The molecule has 0 nitrogen and oxygen atoms in total. The van der Waals surface area contributed by atoms with Crippen molar-refractivity contribution in [2.24, 2.45) is 0 Å². The number of benzene rings is 2. The van der Waals surface area contributed by atoms with E-state index in [-0.39, 0.29) is 9.85 Å². The minimum absolute atomic E-state index is 0.162. The average Bonchev–Trinajstić information content (AvgIpc) is 2.36. The molecule has 2 aromatic carbocycles. The van der Waals surface area contributed by atoms with Crippen LogP contribution in [0.4, 0.5) is 8.78 Å². The van der Waals surface area contributed by atoms with Crippen molar-refractivity contribution in [1.82, 2.24) is 0 Å². The van der Waals surface area contributed by atoms with Gasteiger partial charge in [0.15, 0.2) is 11.6 Å². The van der Waals surface area contributed by atoms with E-state index in [0.29, 0.717) is 10.6 Å². The van der Waals surface area contributed by atoms with Crippen molar-refractivity contribution in [1.29, 1.82) is 0 Å². The van der Waals surface area contributed by atoms with E-state index in [1.54, 1.807) is 6.07 Å². The maximum absolute atomic E-state index is 13.3. The van der Waals surface area contributed by atoms with E-state index in [4.69, 9.17) is 23.2 Å². The molecule has 19 heavy (non-hydrogen) atoms. The molecule has 0 saturated heterocycles. The first-order valence-electron chi connectivity index (χ1n) is 5.13. The maximum Gasteiger partial charge on any atom is 0.160 e. The first-order chi connectivity index (χ1) is 8.90. The van der Waals surface area contributed by atoms with Crippen molar-refractivity contribution in [3.63, 3.8) is 0 Å². The molecule has 0 aliphatic rings. The molecule has 1 atom stereocenters. The van der Waals surface area contributed by atoms with Crippen LogP contribution in [0.3, 0.4) is 0 Å². The molecule has 0 aliphatic carbocycles. The summed E-state index contributed by atoms with van der Waals surface area (Å²) in [6.45, 7) is 0. The van der Waals surface area contributed by atoms with Gasteiger partial charge in [0.2, 0.25) is 0 Å². The van der Waals surface area contributed by atoms with Gasteiger partial charge >= 0.3 is 0 Å². The van der Waals surface area contributed by atoms with Gasteiger partial charge in [0.05, 0.1) is 9.85 Å². The maximum atomic E-state index is 13.3. The van der Waals surface area contributed by atoms with Crippen molar-refractivity contribution >= 4 is 61.7 Å². The SMILES string of the molecule is Fc1cc(Cl)c(C(Br)c2ccc(I)c(Cl)c2)cc1F. The molecule has 100 valence electrons. The Labute approximate surface area is 141 Å². The summed E-state index contributed by atoms with van der Waals surface area (Å²) in [7, 11) is 0. The van der Waals surface area contributed by atoms with Crippen LogP contribution in [-0.4, -0.2) is 0 Å². The van der Waals surface area contributed by atoms with Gasteiger partial charge in [-0.3, -0.25) is 0 Å². The van der Waals surface area contributed by atoms with Crippen LogP contribution in [0.2, 0.25) is 10.0 Å². The summed E-state index contributed by atoms with van der Waals surface area (Å²) in [5, 5.41) is 0.761. The van der Waals surface area contributed by atoms with E-state index in [9.17, 15) is 8.78 Å². The lowest BCUT2D eigenvalue weighted by atomic mass is 10.0. The summed E-state index contributed by atoms with van der Waals surface area (Å²) in [6, 6.07) is 7.52. The van der Waals surface area contributed by atoms with Crippen LogP contribution in [0.1, 0.15) is 16.0 Å². The lowest BCUT2D eigenvalue weighted by molar-refractivity contribution is 0.507. The van der Waals surface area contributed by atoms with E-state index in [1.807, 2.05) is 12.1 Å². The summed E-state index contributed by atoms with van der Waals surface area (Å²) in [5.74, 6) is -1.89. The predicted octanol–water partition coefficient (Wildman–Crippen LogP) is 6.36. The minimum Gasteiger partial charge on any atom is -0.204 e. The van der Waals surface area contributed by atoms with Gasteiger partial charge < -0.3 is 0 Å². The van der Waals surface area contributed by atoms with Gasteiger partial charge in [-0.15, -0.1) is 0 Å². The molecular weight excluding hydrogens is 472 g/mol. The molecule has 2 rings (SSSR count). The second kappa shape index (κ2) is 6.24. The number of alkyl halides is 1. The molecule has 0 radical (unpaired) electrons. The Balaban J connectivity index is 2.46. The number of rotatable bonds is 2. The van der Waals surface area contributed by atoms with Crippen molar-refractivity contribution in [3.05, 3.63) is 66.7 Å². The van der Waals surface area contributed by atoms with Crippen LogP contribution in [0.5, 0.6) is 0 Å². The van der Waals surface area contributed by atoms with Crippen LogP contribution in [0, 0.1) is 15.2 Å². The fourth-order valence-electron chi connectivity index (χ4n) is 1.58. The Hall–Kier alpha value is 0.0900. The monoisotopic (exact) mass is 476 g/mol. The standard InChI is InChI=1S/C13H6BrCl2F2I/c14-13(6-1-2-12(19)9(16)3-6)7-4-10(17)11(18)5-8(7)15/h1-5,13H. The second-order valence-corrected chi connectivity index (χ2v) is 6.72. The van der Waals surface area contributed by atoms with E-state index in [1.165, 1.54) is 0 Å². The first-order valence-corrected chi connectivity index (χ1v) is 7.88. The molecule has 0 spiro atoms. The highest BCUT2D eigenvalue weighted by atomic mass is 127. The van der Waals surface area contributed by atoms with E-state index < -0.39 is 11.6 Å². The van der Waals surface area contributed by atoms with Gasteiger partial charge in [-0.05, 0) is 58.0 Å². The summed E-state index contributed by atoms with van der Waals surface area (Å²) >= 11 is 17.5. The third kappa shape index (κ3) is 3.40. The van der Waals surface area contributed by atoms with Crippen LogP contribution >= 0.6 is 61.7 Å². The lowest BCUT2D eigenvalue weighted by Crippen LogP contribution is -1.97. The Bertz CT molecular complexity index is 634. The molecule has 6 heteroatoms. The van der Waals surface area contributed by atoms with Gasteiger partial charge in [0.1, 0.15) is 0 Å². The van der Waals surface area contributed by atoms with Crippen LogP contribution in [-0.2, 0) is 0 Å². The van der Waals surface area contributed by atoms with Crippen LogP contribution in [0.15, 0.2) is 30.3 Å². The van der Waals surface area contributed by atoms with Gasteiger partial charge in [-0.2, -0.15) is 0 Å². The summed E-state index contributed by atoms with van der Waals surface area (Å²) in [4.78, 5) is -0.357. The Morgan fingerprint density at radius 3 is 2.26 bits per heavy atom. The third-order valence-electron chi connectivity index (χ3n) is 2.55. The summed E-state index contributed by atoms with van der Waals surface area (Å²) in [6.07, 6.45) is 0. The zero-order valence-corrected chi connectivity index (χ0v) is 14.5. The van der Waals surface area contributed by atoms with Crippen molar-refractivity contribution in [2.45, 2.75) is 4.83 Å². The highest BCUT2D eigenvalue weighted by molar-refractivity contribution is 14.1. The molecule has 1 unspecified atom stereocenters. The summed E-state index contributed by atoms with van der Waals surface area (Å²) < 4.78 is 27.3. The zero-order chi connectivity index (χ0) is 14.2. The second-order valence-electron chi connectivity index (χ2n) is 3.82. The lowest BCUT2D eigenvalue weighted by Gasteiger charge is -2.14. The Morgan fingerprint density at radius 1 is 1.00 bits per heavy atom. The fourth-order valence-corrected chi connectivity index (χ4v) is 3.16. The van der Waals surface area contributed by atoms with Crippen molar-refractivity contribution < 1.29 is 8.78 Å². The Kier molecular flexibility index (Phi) is 5.09. The average molecular weight is 478 g/mol. The predicted molar refractivity (Wildman–Crippen MR) is 86.3 cm³/mol. The van der Waals surface area contributed by atoms with Crippen LogP contribution < -0.4 is 0 Å². The summed E-state index contributed by atoms with van der Waals surface area (Å²) in [5.41, 5.74) is 1.27. The Morgan fingerprint density at radius 2 is 1.63 bits per heavy atom. The zero-order valence-electron chi connectivity index (χ0n) is 9.23. The highest BCUT2D eigenvalue weighted by Gasteiger charge is 2.17. The molecule has 0 aliphatic heterocycles. The molecule has 0 heterocycles. The molecule has 0 fully saturated rings. The topological polar surface area (TPSA) is 0 Å². The van der Waals surface area contributed by atoms with Gasteiger partial charge in [0.25, 0.3) is 0 Å². The molecule has 2 aromatic rings. The molecule has 0 aromatic heterocycles. The van der Waals surface area contributed by atoms with E-state index in [2.05, 4.69) is 38.5 Å². The quantitative estimate of drug-likeness (QED) is 0.268. The molecule has 0 saturated carbocycles. The first kappa shape index (κ1) is 15.5. The molecule has 0 bridgehead atoms. The van der Waals surface area contributed by atoms with E-state index >= 15 is 0 Å². The third-order valence-corrected chi connectivity index (χ3v) is 5.47. The number of hydrogen-bond donors (Lipinski definition) is 0. The van der Waals surface area contributed by atoms with Crippen molar-refractivity contribution in [2.75, 3.05) is 0 Å². The number of halogens is 6. The largest absolute Gasteiger partial charge is 0.204 e. The molecule has 0 amide bonds. The van der Waals surface area contributed by atoms with Crippen LogP contribution in [0.25, 0.3) is 0 Å².